The quantitative estimate of drug-likeness (QED) is 0.277. The Bertz CT molecular complexity index is 694. The van der Waals surface area contributed by atoms with Gasteiger partial charge in [0.15, 0.2) is 5.96 Å². The number of hydrogen-bond acceptors (Lipinski definition) is 4. The highest BCUT2D eigenvalue weighted by atomic mass is 127. The van der Waals surface area contributed by atoms with Crippen LogP contribution in [0.2, 0.25) is 5.15 Å². The van der Waals surface area contributed by atoms with Gasteiger partial charge in [0.2, 0.25) is 5.89 Å². The Morgan fingerprint density at radius 2 is 1.96 bits per heavy atom. The number of halogens is 2. The topological polar surface area (TPSA) is 75.3 Å². The summed E-state index contributed by atoms with van der Waals surface area (Å²) in [5.41, 5.74) is 1.07. The molecule has 26 heavy (non-hydrogen) atoms. The molecule has 2 N–H and O–H groups in total. The van der Waals surface area contributed by atoms with E-state index in [2.05, 4.69) is 46.4 Å². The molecule has 2 rings (SSSR count). The molecule has 0 saturated carbocycles. The molecule has 0 spiro atoms. The normalized spacial score (nSPS) is 11.8. The number of guanidine groups is 1. The predicted octanol–water partition coefficient (Wildman–Crippen LogP) is 3.94. The summed E-state index contributed by atoms with van der Waals surface area (Å²) in [4.78, 5) is 12.9. The van der Waals surface area contributed by atoms with E-state index in [9.17, 15) is 0 Å². The van der Waals surface area contributed by atoms with E-state index < -0.39 is 0 Å². The SMILES string of the molecule is CCNC(=NCc1ncc(C(C)(C)C)o1)NCCc1ccc(Cl)nc1.I. The maximum atomic E-state index is 5.80. The summed E-state index contributed by atoms with van der Waals surface area (Å²) in [6, 6.07) is 3.77. The second kappa shape index (κ2) is 10.7. The van der Waals surface area contributed by atoms with Crippen molar-refractivity contribution in [2.75, 3.05) is 13.1 Å². The highest BCUT2D eigenvalue weighted by molar-refractivity contribution is 14.0. The van der Waals surface area contributed by atoms with Gasteiger partial charge in [-0.15, -0.1) is 24.0 Å². The van der Waals surface area contributed by atoms with E-state index in [1.54, 1.807) is 18.5 Å². The van der Waals surface area contributed by atoms with Gasteiger partial charge in [0.05, 0.1) is 6.20 Å². The highest BCUT2D eigenvalue weighted by Gasteiger charge is 2.18. The van der Waals surface area contributed by atoms with Gasteiger partial charge in [-0.1, -0.05) is 38.4 Å². The van der Waals surface area contributed by atoms with Crippen molar-refractivity contribution in [2.24, 2.45) is 4.99 Å². The maximum Gasteiger partial charge on any atom is 0.216 e. The van der Waals surface area contributed by atoms with Crippen molar-refractivity contribution < 1.29 is 4.42 Å². The third-order valence-corrected chi connectivity index (χ3v) is 3.73. The number of aromatic nitrogens is 2. The Balaban J connectivity index is 0.00000338. The van der Waals surface area contributed by atoms with Crippen LogP contribution in [-0.2, 0) is 18.4 Å². The molecular weight excluding hydrogens is 465 g/mol. The minimum absolute atomic E-state index is 0. The second-order valence-electron chi connectivity index (χ2n) is 6.73. The molecule has 0 aromatic carbocycles. The van der Waals surface area contributed by atoms with E-state index in [1.807, 2.05) is 13.0 Å². The van der Waals surface area contributed by atoms with Crippen LogP contribution >= 0.6 is 35.6 Å². The largest absolute Gasteiger partial charge is 0.443 e. The van der Waals surface area contributed by atoms with E-state index in [0.29, 0.717) is 17.6 Å². The summed E-state index contributed by atoms with van der Waals surface area (Å²) < 4.78 is 5.77. The van der Waals surface area contributed by atoms with E-state index in [-0.39, 0.29) is 29.4 Å². The van der Waals surface area contributed by atoms with Gasteiger partial charge in [-0.25, -0.2) is 15.0 Å². The van der Waals surface area contributed by atoms with Crippen LogP contribution in [0.1, 0.15) is 44.9 Å². The zero-order valence-corrected chi connectivity index (χ0v) is 18.8. The highest BCUT2D eigenvalue weighted by Crippen LogP contribution is 2.22. The first-order valence-corrected chi connectivity index (χ1v) is 8.84. The van der Waals surface area contributed by atoms with Crippen molar-refractivity contribution in [1.29, 1.82) is 0 Å². The van der Waals surface area contributed by atoms with Gasteiger partial charge in [0, 0.05) is 24.7 Å². The van der Waals surface area contributed by atoms with E-state index in [0.717, 1.165) is 36.8 Å². The monoisotopic (exact) mass is 491 g/mol. The summed E-state index contributed by atoms with van der Waals surface area (Å²) >= 11 is 5.80. The zero-order valence-electron chi connectivity index (χ0n) is 15.7. The van der Waals surface area contributed by atoms with Gasteiger partial charge in [-0.2, -0.15) is 0 Å². The van der Waals surface area contributed by atoms with Crippen molar-refractivity contribution in [1.82, 2.24) is 20.6 Å². The lowest BCUT2D eigenvalue weighted by molar-refractivity contribution is 0.383. The third-order valence-electron chi connectivity index (χ3n) is 3.50. The Morgan fingerprint density at radius 1 is 1.19 bits per heavy atom. The number of rotatable bonds is 6. The standard InChI is InChI=1S/C18H26ClN5O.HI/c1-5-20-17(21-9-8-13-6-7-15(19)22-10-13)24-12-16-23-11-14(25-16)18(2,3)4;/h6-7,10-11H,5,8-9,12H2,1-4H3,(H2,20,21,24);1H. The minimum Gasteiger partial charge on any atom is -0.443 e. The van der Waals surface area contributed by atoms with Crippen molar-refractivity contribution in [3.63, 3.8) is 0 Å². The lowest BCUT2D eigenvalue weighted by Gasteiger charge is -2.13. The van der Waals surface area contributed by atoms with Crippen molar-refractivity contribution in [3.8, 4) is 0 Å². The van der Waals surface area contributed by atoms with Crippen LogP contribution in [0.4, 0.5) is 0 Å². The Kier molecular flexibility index (Phi) is 9.35. The molecule has 0 aliphatic heterocycles. The lowest BCUT2D eigenvalue weighted by atomic mass is 9.94. The Morgan fingerprint density at radius 3 is 2.54 bits per heavy atom. The van der Waals surface area contributed by atoms with E-state index >= 15 is 0 Å². The van der Waals surface area contributed by atoms with Crippen LogP contribution in [0.25, 0.3) is 0 Å². The fourth-order valence-corrected chi connectivity index (χ4v) is 2.21. The predicted molar refractivity (Wildman–Crippen MR) is 116 cm³/mol. The number of nitrogens with one attached hydrogen (secondary N) is 2. The molecule has 0 saturated heterocycles. The number of hydrogen-bond donors (Lipinski definition) is 2. The molecule has 0 fully saturated rings. The van der Waals surface area contributed by atoms with E-state index in [1.165, 1.54) is 0 Å². The summed E-state index contributed by atoms with van der Waals surface area (Å²) in [5, 5.41) is 7.02. The Hall–Kier alpha value is -1.35. The molecule has 0 radical (unpaired) electrons. The average molecular weight is 492 g/mol. The molecule has 2 heterocycles. The average Bonchev–Trinajstić information content (AvgIpc) is 3.04. The zero-order chi connectivity index (χ0) is 18.3. The smallest absolute Gasteiger partial charge is 0.216 e. The summed E-state index contributed by atoms with van der Waals surface area (Å²) in [5.74, 6) is 2.22. The van der Waals surface area contributed by atoms with E-state index in [4.69, 9.17) is 16.0 Å². The molecular formula is C18H27ClIN5O. The molecule has 0 amide bonds. The lowest BCUT2D eigenvalue weighted by Crippen LogP contribution is -2.38. The number of nitrogens with zero attached hydrogens (tertiary/aromatic N) is 3. The van der Waals surface area contributed by atoms with Gasteiger partial charge in [-0.3, -0.25) is 0 Å². The number of pyridine rings is 1. The molecule has 2 aromatic rings. The molecule has 0 aliphatic rings. The first-order valence-electron chi connectivity index (χ1n) is 8.46. The van der Waals surface area contributed by atoms with Crippen LogP contribution in [0.15, 0.2) is 33.9 Å². The van der Waals surface area contributed by atoms with Crippen LogP contribution in [0.5, 0.6) is 0 Å². The number of oxazole rings is 1. The Labute approximate surface area is 177 Å². The van der Waals surface area contributed by atoms with Gasteiger partial charge in [0.1, 0.15) is 17.5 Å². The first-order chi connectivity index (χ1) is 11.9. The third kappa shape index (κ3) is 7.49. The van der Waals surface area contributed by atoms with Crippen LogP contribution in [0, 0.1) is 0 Å². The molecule has 6 nitrogen and oxygen atoms in total. The summed E-state index contributed by atoms with van der Waals surface area (Å²) in [6.07, 6.45) is 4.40. The molecule has 0 unspecified atom stereocenters. The van der Waals surface area contributed by atoms with Crippen molar-refractivity contribution >= 4 is 41.5 Å². The molecule has 0 bridgehead atoms. The van der Waals surface area contributed by atoms with Crippen LogP contribution < -0.4 is 10.6 Å². The van der Waals surface area contributed by atoms with Gasteiger partial charge in [0.25, 0.3) is 0 Å². The second-order valence-corrected chi connectivity index (χ2v) is 7.12. The minimum atomic E-state index is -0.0513. The molecule has 0 atom stereocenters. The molecule has 2 aromatic heterocycles. The molecule has 8 heteroatoms. The molecule has 0 aliphatic carbocycles. The van der Waals surface area contributed by atoms with Gasteiger partial charge >= 0.3 is 0 Å². The summed E-state index contributed by atoms with van der Waals surface area (Å²) in [7, 11) is 0. The fourth-order valence-electron chi connectivity index (χ4n) is 2.10. The van der Waals surface area contributed by atoms with Crippen molar-refractivity contribution in [2.45, 2.75) is 46.1 Å². The van der Waals surface area contributed by atoms with Gasteiger partial charge in [-0.05, 0) is 25.0 Å². The summed E-state index contributed by atoms with van der Waals surface area (Å²) in [6.45, 7) is 10.2. The fraction of sp³-hybridized carbons (Fsp3) is 0.500. The van der Waals surface area contributed by atoms with Crippen molar-refractivity contribution in [3.05, 3.63) is 46.9 Å². The van der Waals surface area contributed by atoms with Crippen LogP contribution in [0.3, 0.4) is 0 Å². The molecule has 144 valence electrons. The first kappa shape index (κ1) is 22.7. The van der Waals surface area contributed by atoms with Gasteiger partial charge < -0.3 is 15.1 Å². The van der Waals surface area contributed by atoms with Crippen LogP contribution in [-0.4, -0.2) is 29.0 Å². The number of aliphatic imine (C=N–C) groups is 1. The maximum absolute atomic E-state index is 5.80.